The molecule has 1 atom stereocenters. The van der Waals surface area contributed by atoms with E-state index in [2.05, 4.69) is 17.2 Å². The Labute approximate surface area is 100 Å². The number of amides is 1. The van der Waals surface area contributed by atoms with Gasteiger partial charge in [-0.05, 0) is 27.7 Å². The van der Waals surface area contributed by atoms with Gasteiger partial charge in [-0.25, -0.2) is 4.98 Å². The number of nitrogens with zero attached hydrogens (tertiary/aromatic N) is 1. The number of carbonyl (C=O) groups is 1. The molecule has 90 valence electrons. The fourth-order valence-electron chi connectivity index (χ4n) is 1.31. The van der Waals surface area contributed by atoms with Gasteiger partial charge in [-0.3, -0.25) is 4.79 Å². The lowest BCUT2D eigenvalue weighted by Gasteiger charge is -2.23. The molecule has 16 heavy (non-hydrogen) atoms. The third-order valence-corrected chi connectivity index (χ3v) is 3.81. The first-order chi connectivity index (χ1) is 7.34. The molecule has 0 saturated heterocycles. The maximum absolute atomic E-state index is 11.2. The van der Waals surface area contributed by atoms with Crippen molar-refractivity contribution in [3.8, 4) is 0 Å². The van der Waals surface area contributed by atoms with Crippen LogP contribution in [0.4, 0.5) is 0 Å². The van der Waals surface area contributed by atoms with Crippen molar-refractivity contribution in [2.45, 2.75) is 33.7 Å². The highest BCUT2D eigenvalue weighted by Gasteiger charge is 2.25. The van der Waals surface area contributed by atoms with E-state index in [0.717, 1.165) is 5.69 Å². The highest BCUT2D eigenvalue weighted by atomic mass is 32.1. The first kappa shape index (κ1) is 13.1. The van der Waals surface area contributed by atoms with E-state index < -0.39 is 5.41 Å². The van der Waals surface area contributed by atoms with Crippen LogP contribution in [0.15, 0.2) is 5.51 Å². The summed E-state index contributed by atoms with van der Waals surface area (Å²) in [5.74, 6) is -0.284. The van der Waals surface area contributed by atoms with E-state index in [1.165, 1.54) is 4.88 Å². The molecule has 1 aromatic heterocycles. The Kier molecular flexibility index (Phi) is 4.04. The third-order valence-electron chi connectivity index (χ3n) is 2.69. The summed E-state index contributed by atoms with van der Waals surface area (Å²) in [5, 5.41) is 3.32. The average molecular weight is 241 g/mol. The number of hydrogen-bond donors (Lipinski definition) is 2. The number of primary amides is 1. The van der Waals surface area contributed by atoms with Crippen molar-refractivity contribution in [2.75, 3.05) is 6.54 Å². The molecule has 0 aliphatic carbocycles. The SMILES string of the molecule is Cc1ncsc1C(C)NCC(C)(C)C(N)=O. The summed E-state index contributed by atoms with van der Waals surface area (Å²) in [5.41, 5.74) is 7.67. The molecule has 5 heteroatoms. The van der Waals surface area contributed by atoms with Gasteiger partial charge < -0.3 is 11.1 Å². The lowest BCUT2D eigenvalue weighted by atomic mass is 9.92. The number of aromatic nitrogens is 1. The maximum atomic E-state index is 11.2. The molecule has 0 bridgehead atoms. The van der Waals surface area contributed by atoms with E-state index in [4.69, 9.17) is 5.73 Å². The Bertz CT molecular complexity index is 373. The lowest BCUT2D eigenvalue weighted by Crippen LogP contribution is -2.41. The van der Waals surface area contributed by atoms with Crippen LogP contribution in [0, 0.1) is 12.3 Å². The molecule has 0 radical (unpaired) electrons. The van der Waals surface area contributed by atoms with Crippen LogP contribution in [0.25, 0.3) is 0 Å². The number of aryl methyl sites for hydroxylation is 1. The highest BCUT2D eigenvalue weighted by Crippen LogP contribution is 2.22. The van der Waals surface area contributed by atoms with Crippen molar-refractivity contribution in [1.29, 1.82) is 0 Å². The van der Waals surface area contributed by atoms with Crippen LogP contribution in [0.5, 0.6) is 0 Å². The van der Waals surface area contributed by atoms with Crippen LogP contribution < -0.4 is 11.1 Å². The second-order valence-corrected chi connectivity index (χ2v) is 5.54. The zero-order chi connectivity index (χ0) is 12.3. The van der Waals surface area contributed by atoms with Gasteiger partial charge in [0.25, 0.3) is 0 Å². The van der Waals surface area contributed by atoms with E-state index in [1.54, 1.807) is 11.3 Å². The van der Waals surface area contributed by atoms with E-state index in [-0.39, 0.29) is 11.9 Å². The molecule has 0 aromatic carbocycles. The van der Waals surface area contributed by atoms with Gasteiger partial charge in [-0.2, -0.15) is 0 Å². The zero-order valence-corrected chi connectivity index (χ0v) is 11.0. The third kappa shape index (κ3) is 3.02. The summed E-state index contributed by atoms with van der Waals surface area (Å²) < 4.78 is 0. The van der Waals surface area contributed by atoms with Crippen LogP contribution >= 0.6 is 11.3 Å². The minimum atomic E-state index is -0.521. The molecule has 1 heterocycles. The summed E-state index contributed by atoms with van der Waals surface area (Å²) in [6.07, 6.45) is 0. The summed E-state index contributed by atoms with van der Waals surface area (Å²) in [7, 11) is 0. The Morgan fingerprint density at radius 1 is 1.69 bits per heavy atom. The Morgan fingerprint density at radius 3 is 2.75 bits per heavy atom. The predicted octanol–water partition coefficient (Wildman–Crippen LogP) is 1.61. The molecule has 0 fully saturated rings. The topological polar surface area (TPSA) is 68.0 Å². The van der Waals surface area contributed by atoms with Gasteiger partial charge in [0, 0.05) is 17.5 Å². The van der Waals surface area contributed by atoms with Crippen molar-refractivity contribution in [2.24, 2.45) is 11.1 Å². The van der Waals surface area contributed by atoms with Gasteiger partial charge in [-0.1, -0.05) is 0 Å². The molecule has 1 rings (SSSR count). The van der Waals surface area contributed by atoms with Crippen LogP contribution in [0.3, 0.4) is 0 Å². The zero-order valence-electron chi connectivity index (χ0n) is 10.2. The van der Waals surface area contributed by atoms with Crippen molar-refractivity contribution in [1.82, 2.24) is 10.3 Å². The molecule has 0 saturated carbocycles. The summed E-state index contributed by atoms with van der Waals surface area (Å²) in [4.78, 5) is 16.6. The average Bonchev–Trinajstić information content (AvgIpc) is 2.61. The largest absolute Gasteiger partial charge is 0.369 e. The van der Waals surface area contributed by atoms with Crippen molar-refractivity contribution < 1.29 is 4.79 Å². The lowest BCUT2D eigenvalue weighted by molar-refractivity contribution is -0.125. The monoisotopic (exact) mass is 241 g/mol. The van der Waals surface area contributed by atoms with Crippen molar-refractivity contribution >= 4 is 17.2 Å². The summed E-state index contributed by atoms with van der Waals surface area (Å²) in [6, 6.07) is 0.200. The normalized spacial score (nSPS) is 13.8. The Morgan fingerprint density at radius 2 is 2.31 bits per heavy atom. The Balaban J connectivity index is 2.57. The van der Waals surface area contributed by atoms with Crippen LogP contribution in [-0.4, -0.2) is 17.4 Å². The second-order valence-electron chi connectivity index (χ2n) is 4.65. The molecule has 0 spiro atoms. The molecule has 1 aromatic rings. The molecular formula is C11H19N3OS. The molecule has 1 amide bonds. The number of nitrogens with two attached hydrogens (primary N) is 1. The minimum Gasteiger partial charge on any atom is -0.369 e. The minimum absolute atomic E-state index is 0.200. The molecule has 0 aliphatic heterocycles. The van der Waals surface area contributed by atoms with E-state index in [1.807, 2.05) is 26.3 Å². The standard InChI is InChI=1S/C11H19N3OS/c1-7(9-8(2)14-6-16-9)13-5-11(3,4)10(12)15/h6-7,13H,5H2,1-4H3,(H2,12,15). The smallest absolute Gasteiger partial charge is 0.224 e. The van der Waals surface area contributed by atoms with Crippen LogP contribution in [0.1, 0.15) is 37.4 Å². The maximum Gasteiger partial charge on any atom is 0.224 e. The fourth-order valence-corrected chi connectivity index (χ4v) is 2.15. The number of nitrogens with one attached hydrogen (secondary N) is 1. The van der Waals surface area contributed by atoms with Crippen LogP contribution in [0.2, 0.25) is 0 Å². The quantitative estimate of drug-likeness (QED) is 0.823. The van der Waals surface area contributed by atoms with Gasteiger partial charge >= 0.3 is 0 Å². The van der Waals surface area contributed by atoms with E-state index in [9.17, 15) is 4.79 Å². The van der Waals surface area contributed by atoms with Gasteiger partial charge in [0.05, 0.1) is 16.6 Å². The van der Waals surface area contributed by atoms with Gasteiger partial charge in [0.1, 0.15) is 0 Å². The first-order valence-electron chi connectivity index (χ1n) is 5.28. The molecule has 0 aliphatic rings. The number of rotatable bonds is 5. The van der Waals surface area contributed by atoms with Gasteiger partial charge in [-0.15, -0.1) is 11.3 Å². The van der Waals surface area contributed by atoms with E-state index >= 15 is 0 Å². The Hall–Kier alpha value is -0.940. The van der Waals surface area contributed by atoms with Crippen LogP contribution in [-0.2, 0) is 4.79 Å². The van der Waals surface area contributed by atoms with Gasteiger partial charge in [0.2, 0.25) is 5.91 Å². The van der Waals surface area contributed by atoms with Gasteiger partial charge in [0.15, 0.2) is 0 Å². The first-order valence-corrected chi connectivity index (χ1v) is 6.16. The predicted molar refractivity (Wildman–Crippen MR) is 66.2 cm³/mol. The van der Waals surface area contributed by atoms with E-state index in [0.29, 0.717) is 6.54 Å². The molecular weight excluding hydrogens is 222 g/mol. The molecule has 3 N–H and O–H groups in total. The molecule has 4 nitrogen and oxygen atoms in total. The summed E-state index contributed by atoms with van der Waals surface area (Å²) in [6.45, 7) is 8.31. The van der Waals surface area contributed by atoms with Crippen molar-refractivity contribution in [3.05, 3.63) is 16.1 Å². The number of carbonyl (C=O) groups excluding carboxylic acids is 1. The second kappa shape index (κ2) is 4.93. The highest BCUT2D eigenvalue weighted by molar-refractivity contribution is 7.09. The summed E-state index contributed by atoms with van der Waals surface area (Å²) >= 11 is 1.63. The molecule has 1 unspecified atom stereocenters. The van der Waals surface area contributed by atoms with Crippen molar-refractivity contribution in [3.63, 3.8) is 0 Å². The number of thiazole rings is 1. The fraction of sp³-hybridized carbons (Fsp3) is 0.636. The number of hydrogen-bond acceptors (Lipinski definition) is 4.